The summed E-state index contributed by atoms with van der Waals surface area (Å²) in [6.45, 7) is -0.800. The third-order valence-electron chi connectivity index (χ3n) is 4.61. The second-order valence-electron chi connectivity index (χ2n) is 6.86. The van der Waals surface area contributed by atoms with E-state index in [9.17, 15) is 22.8 Å². The molecule has 1 amide bonds. The second-order valence-corrected chi connectivity index (χ2v) is 7.30. The van der Waals surface area contributed by atoms with Gasteiger partial charge in [0.25, 0.3) is 5.91 Å². The van der Waals surface area contributed by atoms with E-state index in [0.29, 0.717) is 28.4 Å². The van der Waals surface area contributed by atoms with E-state index in [0.717, 1.165) is 6.07 Å². The van der Waals surface area contributed by atoms with Crippen LogP contribution in [0, 0.1) is 0 Å². The number of halogens is 4. The van der Waals surface area contributed by atoms with Crippen molar-refractivity contribution < 1.29 is 31.9 Å². The number of pyridine rings is 1. The second kappa shape index (κ2) is 8.95. The quantitative estimate of drug-likeness (QED) is 0.361. The highest BCUT2D eigenvalue weighted by atomic mass is 35.5. The minimum absolute atomic E-state index is 0.127. The Hall–Kier alpha value is -3.85. The van der Waals surface area contributed by atoms with Gasteiger partial charge in [0.2, 0.25) is 0 Å². The molecule has 4 rings (SSSR count). The zero-order chi connectivity index (χ0) is 23.6. The number of esters is 1. The highest BCUT2D eigenvalue weighted by Crippen LogP contribution is 2.36. The molecule has 0 bridgehead atoms. The highest BCUT2D eigenvalue weighted by molar-refractivity contribution is 6.30. The fourth-order valence-corrected chi connectivity index (χ4v) is 3.32. The number of alkyl halides is 3. The summed E-state index contributed by atoms with van der Waals surface area (Å²) in [4.78, 5) is 29.4. The smallest absolute Gasteiger partial charge is 0.418 e. The molecule has 0 radical (unpaired) electrons. The summed E-state index contributed by atoms with van der Waals surface area (Å²) in [7, 11) is 0. The third-order valence-corrected chi connectivity index (χ3v) is 4.84. The summed E-state index contributed by atoms with van der Waals surface area (Å²) in [6, 6.07) is 14.5. The molecule has 4 aromatic rings. The van der Waals surface area contributed by atoms with E-state index in [1.165, 1.54) is 18.4 Å². The number of hydrogen-bond donors (Lipinski definition) is 1. The SMILES string of the molecule is O=C(COC(=O)c1cc(-c2ccco2)nc2ccccc12)Nc1ccc(Cl)cc1C(F)(F)F. The number of carbonyl (C=O) groups is 2. The van der Waals surface area contributed by atoms with Crippen molar-refractivity contribution in [3.63, 3.8) is 0 Å². The number of benzene rings is 2. The van der Waals surface area contributed by atoms with E-state index in [1.807, 2.05) is 0 Å². The predicted octanol–water partition coefficient (Wildman–Crippen LogP) is 5.96. The summed E-state index contributed by atoms with van der Waals surface area (Å²) < 4.78 is 50.0. The lowest BCUT2D eigenvalue weighted by Crippen LogP contribution is -2.23. The van der Waals surface area contributed by atoms with Gasteiger partial charge in [-0.15, -0.1) is 0 Å². The summed E-state index contributed by atoms with van der Waals surface area (Å²) in [5, 5.41) is 2.45. The summed E-state index contributed by atoms with van der Waals surface area (Å²) in [5.41, 5.74) is -0.604. The Bertz CT molecular complexity index is 1340. The minimum Gasteiger partial charge on any atom is -0.463 e. The average molecular weight is 475 g/mol. The molecule has 0 fully saturated rings. The van der Waals surface area contributed by atoms with E-state index in [2.05, 4.69) is 10.3 Å². The number of fused-ring (bicyclic) bond motifs is 1. The number of amides is 1. The summed E-state index contributed by atoms with van der Waals surface area (Å²) >= 11 is 5.63. The van der Waals surface area contributed by atoms with Crippen molar-refractivity contribution >= 4 is 40.1 Å². The molecule has 1 N–H and O–H groups in total. The molecule has 0 aliphatic heterocycles. The molecule has 0 saturated heterocycles. The number of furan rings is 1. The van der Waals surface area contributed by atoms with Crippen LogP contribution in [-0.4, -0.2) is 23.5 Å². The predicted molar refractivity (Wildman–Crippen MR) is 115 cm³/mol. The number of anilines is 1. The van der Waals surface area contributed by atoms with E-state index < -0.39 is 35.9 Å². The van der Waals surface area contributed by atoms with Gasteiger partial charge in [-0.1, -0.05) is 29.8 Å². The molecule has 33 heavy (non-hydrogen) atoms. The van der Waals surface area contributed by atoms with Gasteiger partial charge in [-0.25, -0.2) is 9.78 Å². The average Bonchev–Trinajstić information content (AvgIpc) is 3.32. The van der Waals surface area contributed by atoms with Crippen molar-refractivity contribution in [2.45, 2.75) is 6.18 Å². The molecule has 0 unspecified atom stereocenters. The van der Waals surface area contributed by atoms with Gasteiger partial charge >= 0.3 is 12.1 Å². The van der Waals surface area contributed by atoms with Crippen LogP contribution < -0.4 is 5.32 Å². The van der Waals surface area contributed by atoms with Crippen LogP contribution in [-0.2, 0) is 15.7 Å². The maximum atomic E-state index is 13.2. The van der Waals surface area contributed by atoms with Crippen LogP contribution >= 0.6 is 11.6 Å². The van der Waals surface area contributed by atoms with Gasteiger partial charge in [-0.2, -0.15) is 13.2 Å². The Morgan fingerprint density at radius 2 is 1.85 bits per heavy atom. The fourth-order valence-electron chi connectivity index (χ4n) is 3.15. The molecule has 0 aliphatic rings. The van der Waals surface area contributed by atoms with Crippen molar-refractivity contribution in [2.75, 3.05) is 11.9 Å². The molecule has 2 heterocycles. The first-order chi connectivity index (χ1) is 15.7. The van der Waals surface area contributed by atoms with Gasteiger partial charge in [0.05, 0.1) is 28.6 Å². The van der Waals surface area contributed by atoms with Crippen LogP contribution in [0.2, 0.25) is 5.02 Å². The van der Waals surface area contributed by atoms with Gasteiger partial charge in [0, 0.05) is 10.4 Å². The monoisotopic (exact) mass is 474 g/mol. The maximum Gasteiger partial charge on any atom is 0.418 e. The number of nitrogens with one attached hydrogen (secondary N) is 1. The van der Waals surface area contributed by atoms with Crippen LogP contribution in [0.1, 0.15) is 15.9 Å². The summed E-state index contributed by atoms with van der Waals surface area (Å²) in [6.07, 6.45) is -3.27. The number of nitrogens with zero attached hydrogens (tertiary/aromatic N) is 1. The first-order valence-corrected chi connectivity index (χ1v) is 9.87. The van der Waals surface area contributed by atoms with Gasteiger partial charge in [0.1, 0.15) is 5.69 Å². The lowest BCUT2D eigenvalue weighted by Gasteiger charge is -2.14. The molecular weight excluding hydrogens is 461 g/mol. The Morgan fingerprint density at radius 1 is 1.06 bits per heavy atom. The van der Waals surface area contributed by atoms with Gasteiger partial charge in [-0.05, 0) is 42.5 Å². The number of rotatable bonds is 5. The molecule has 10 heteroatoms. The maximum absolute atomic E-state index is 13.2. The van der Waals surface area contributed by atoms with Crippen molar-refractivity contribution in [2.24, 2.45) is 0 Å². The number of hydrogen-bond acceptors (Lipinski definition) is 5. The van der Waals surface area contributed by atoms with E-state index >= 15 is 0 Å². The molecule has 168 valence electrons. The molecule has 0 aliphatic carbocycles. The first kappa shape index (κ1) is 22.3. The van der Waals surface area contributed by atoms with Crippen LogP contribution in [0.3, 0.4) is 0 Å². The molecule has 0 saturated carbocycles. The number of carbonyl (C=O) groups excluding carboxylic acids is 2. The Balaban J connectivity index is 1.54. The van der Waals surface area contributed by atoms with Crippen LogP contribution in [0.5, 0.6) is 0 Å². The van der Waals surface area contributed by atoms with Crippen molar-refractivity contribution in [1.82, 2.24) is 4.98 Å². The highest BCUT2D eigenvalue weighted by Gasteiger charge is 2.34. The number of ether oxygens (including phenoxy) is 1. The van der Waals surface area contributed by atoms with Crippen LogP contribution in [0.4, 0.5) is 18.9 Å². The van der Waals surface area contributed by atoms with Gasteiger partial charge in [-0.3, -0.25) is 4.79 Å². The van der Waals surface area contributed by atoms with E-state index in [1.54, 1.807) is 36.4 Å². The van der Waals surface area contributed by atoms with Crippen molar-refractivity contribution in [3.8, 4) is 11.5 Å². The van der Waals surface area contributed by atoms with Crippen molar-refractivity contribution in [1.29, 1.82) is 0 Å². The van der Waals surface area contributed by atoms with Crippen molar-refractivity contribution in [3.05, 3.63) is 83.1 Å². The summed E-state index contributed by atoms with van der Waals surface area (Å²) in [5.74, 6) is -1.36. The zero-order valence-electron chi connectivity index (χ0n) is 16.7. The van der Waals surface area contributed by atoms with Crippen LogP contribution in [0.15, 0.2) is 71.3 Å². The standard InChI is InChI=1S/C23H14ClF3N2O4/c24-13-7-8-18(16(10-13)23(25,26)27)29-21(30)12-33-22(31)15-11-19(20-6-3-9-32-20)28-17-5-2-1-4-14(15)17/h1-11H,12H2,(H,29,30). The molecule has 2 aromatic carbocycles. The molecule has 6 nitrogen and oxygen atoms in total. The molecular formula is C23H14ClF3N2O4. The Morgan fingerprint density at radius 3 is 2.58 bits per heavy atom. The van der Waals surface area contributed by atoms with E-state index in [4.69, 9.17) is 20.8 Å². The largest absolute Gasteiger partial charge is 0.463 e. The molecule has 2 aromatic heterocycles. The number of para-hydroxylation sites is 1. The zero-order valence-corrected chi connectivity index (χ0v) is 17.4. The van der Waals surface area contributed by atoms with Gasteiger partial charge < -0.3 is 14.5 Å². The molecule has 0 spiro atoms. The normalized spacial score (nSPS) is 11.4. The Kier molecular flexibility index (Phi) is 6.06. The molecule has 0 atom stereocenters. The topological polar surface area (TPSA) is 81.4 Å². The van der Waals surface area contributed by atoms with Crippen LogP contribution in [0.25, 0.3) is 22.4 Å². The van der Waals surface area contributed by atoms with E-state index in [-0.39, 0.29) is 10.6 Å². The fraction of sp³-hybridized carbons (Fsp3) is 0.0870. The minimum atomic E-state index is -4.73. The third kappa shape index (κ3) is 4.98. The number of aromatic nitrogens is 1. The van der Waals surface area contributed by atoms with Gasteiger partial charge in [0.15, 0.2) is 12.4 Å². The lowest BCUT2D eigenvalue weighted by atomic mass is 10.1. The Labute approximate surface area is 189 Å². The lowest BCUT2D eigenvalue weighted by molar-refractivity contribution is -0.137. The first-order valence-electron chi connectivity index (χ1n) is 9.50.